The van der Waals surface area contributed by atoms with Gasteiger partial charge in [0.1, 0.15) is 0 Å². The molecule has 0 aromatic heterocycles. The Morgan fingerprint density at radius 3 is 0.571 bits per heavy atom. The smallest absolute Gasteiger partial charge is 0.693 e. The van der Waals surface area contributed by atoms with Gasteiger partial charge in [0.15, 0.2) is 0 Å². The first-order chi connectivity index (χ1) is 0. The third-order valence-corrected chi connectivity index (χ3v) is 0. The summed E-state index contributed by atoms with van der Waals surface area (Å²) < 4.78 is 0. The molecule has 0 saturated heterocycles. The van der Waals surface area contributed by atoms with Gasteiger partial charge >= 0.3 is 21.1 Å². The molecule has 0 unspecified atom stereocenters. The van der Waals surface area contributed by atoms with E-state index in [1.54, 1.807) is 0 Å². The second kappa shape index (κ2) is 374. The van der Waals surface area contributed by atoms with Crippen molar-refractivity contribution in [3.05, 3.63) is 24.6 Å². The van der Waals surface area contributed by atoms with Gasteiger partial charge in [0, 0.05) is 0 Å². The summed E-state index contributed by atoms with van der Waals surface area (Å²) in [5.41, 5.74) is 0. The molecule has 0 aromatic rings. The molecule has 0 aliphatic carbocycles. The largest absolute Gasteiger partial charge is 4.00 e. The van der Waals surface area contributed by atoms with Crippen molar-refractivity contribution in [1.29, 1.82) is 0 Å². The Kier molecular flexibility index (Phi) is 31500. The Morgan fingerprint density at radius 2 is 0.571 bits per heavy atom. The van der Waals surface area contributed by atoms with Crippen molar-refractivity contribution in [2.24, 2.45) is 0 Å². The Bertz CT molecular complexity index is 11.7. The third kappa shape index (κ3) is 255. The molecule has 0 saturated carbocycles. The summed E-state index contributed by atoms with van der Waals surface area (Å²) in [5.74, 6) is 0. The molecular formula is H11ClN4OPt. The van der Waals surface area contributed by atoms with E-state index in [9.17, 15) is 0 Å². The minimum atomic E-state index is 0. The number of hydrogen-bond acceptors (Lipinski definition) is 0. The molecule has 0 radical (unpaired) electrons. The molecule has 0 aliphatic rings. The van der Waals surface area contributed by atoms with E-state index in [4.69, 9.17) is 0 Å². The fraction of sp³-hybridized carbons (Fsp3) is 0. The Balaban J connectivity index is 0. The van der Waals surface area contributed by atoms with Gasteiger partial charge in [-0.3, -0.25) is 0 Å². The monoisotopic (exact) mass is 313 g/mol. The predicted octanol–water partition coefficient (Wildman–Crippen LogP) is 2.46. The molecule has 7 heavy (non-hydrogen) atoms. The molecule has 0 aromatic carbocycles. The summed E-state index contributed by atoms with van der Waals surface area (Å²) >= 11 is 0. The molecule has 0 fully saturated rings. The molecule has 0 rings (SSSR count). The third-order valence-electron chi connectivity index (χ3n) is 0. The van der Waals surface area contributed by atoms with Crippen molar-refractivity contribution in [3.8, 4) is 0 Å². The van der Waals surface area contributed by atoms with Crippen LogP contribution < -0.4 is 0 Å². The van der Waals surface area contributed by atoms with Crippen LogP contribution in [0.2, 0.25) is 0 Å². The van der Waals surface area contributed by atoms with Crippen molar-refractivity contribution >= 4 is 12.4 Å². The van der Waals surface area contributed by atoms with Crippen LogP contribution in [0.15, 0.2) is 0 Å². The number of hydrogen-bond donors (Lipinski definition) is 0. The van der Waals surface area contributed by atoms with Crippen LogP contribution in [0, 0.1) is 0 Å². The van der Waals surface area contributed by atoms with Gasteiger partial charge in [-0.15, -0.1) is 12.4 Å². The predicted molar refractivity (Wildman–Crippen MR) is 32.0 cm³/mol. The maximum Gasteiger partial charge on any atom is 4.00 e. The first-order valence-electron chi connectivity index (χ1n) is 0. The average molecular weight is 314 g/mol. The molecule has 0 bridgehead atoms. The average Bonchev–Trinajstić information content (AvgIpc) is 0. The van der Waals surface area contributed by atoms with E-state index in [1.165, 1.54) is 0 Å². The molecular weight excluding hydrogens is 303 g/mol. The molecule has 0 atom stereocenters. The maximum atomic E-state index is 0. The van der Waals surface area contributed by atoms with Crippen molar-refractivity contribution in [1.82, 2.24) is 0 Å². The SMILES string of the molecule is Cl.O.[NH2-].[NH2-].[NH2-].[NH2-].[Pt+4]. The van der Waals surface area contributed by atoms with E-state index in [0.29, 0.717) is 0 Å². The fourth-order valence-corrected chi connectivity index (χ4v) is 0. The van der Waals surface area contributed by atoms with E-state index in [0.717, 1.165) is 0 Å². The summed E-state index contributed by atoms with van der Waals surface area (Å²) in [4.78, 5) is 0. The summed E-state index contributed by atoms with van der Waals surface area (Å²) in [6, 6.07) is 0. The van der Waals surface area contributed by atoms with E-state index in [1.807, 2.05) is 0 Å². The zero-order valence-corrected chi connectivity index (χ0v) is 6.62. The van der Waals surface area contributed by atoms with Crippen molar-refractivity contribution < 1.29 is 26.5 Å². The van der Waals surface area contributed by atoms with Crippen molar-refractivity contribution in [2.75, 3.05) is 0 Å². The minimum Gasteiger partial charge on any atom is -0.693 e. The molecule has 0 spiro atoms. The van der Waals surface area contributed by atoms with Gasteiger partial charge in [-0.2, -0.15) is 0 Å². The van der Waals surface area contributed by atoms with E-state index < -0.39 is 0 Å². The number of rotatable bonds is 0. The second-order valence-electron chi connectivity index (χ2n) is 0. The van der Waals surface area contributed by atoms with E-state index in [-0.39, 0.29) is 63.6 Å². The summed E-state index contributed by atoms with van der Waals surface area (Å²) in [7, 11) is 0. The minimum absolute atomic E-state index is 0. The Morgan fingerprint density at radius 1 is 0.571 bits per heavy atom. The number of halogens is 1. The standard InChI is InChI=1S/ClH.4H2N.H2O.Pt/h1H;5*1H2;/q;4*-1;;+4. The van der Waals surface area contributed by atoms with Gasteiger partial charge in [-0.05, 0) is 0 Å². The van der Waals surface area contributed by atoms with Crippen molar-refractivity contribution in [3.63, 3.8) is 0 Å². The van der Waals surface area contributed by atoms with Gasteiger partial charge in [-0.1, -0.05) is 0 Å². The maximum absolute atomic E-state index is 0. The van der Waals surface area contributed by atoms with Gasteiger partial charge in [0.05, 0.1) is 0 Å². The number of nitrogens with two attached hydrogens (primary N) is 4. The van der Waals surface area contributed by atoms with Gasteiger partial charge in [-0.25, -0.2) is 0 Å². The summed E-state index contributed by atoms with van der Waals surface area (Å²) in [6.07, 6.45) is 0. The van der Waals surface area contributed by atoms with Gasteiger partial charge < -0.3 is 30.1 Å². The molecule has 5 nitrogen and oxygen atoms in total. The van der Waals surface area contributed by atoms with Crippen LogP contribution in [0.4, 0.5) is 0 Å². The van der Waals surface area contributed by atoms with Crippen LogP contribution in [0.5, 0.6) is 0 Å². The quantitative estimate of drug-likeness (QED) is 0.641. The normalized spacial score (nSPS) is 0. The van der Waals surface area contributed by atoms with Crippen LogP contribution in [0.25, 0.3) is 24.6 Å². The molecule has 10 N–H and O–H groups in total. The van der Waals surface area contributed by atoms with Crippen LogP contribution in [-0.2, 0) is 21.1 Å². The summed E-state index contributed by atoms with van der Waals surface area (Å²) in [6.45, 7) is 0. The first-order valence-corrected chi connectivity index (χ1v) is 0. The fourth-order valence-electron chi connectivity index (χ4n) is 0. The Hall–Kier alpha value is 0.778. The van der Waals surface area contributed by atoms with Gasteiger partial charge in [0.2, 0.25) is 0 Å². The summed E-state index contributed by atoms with van der Waals surface area (Å²) in [5, 5.41) is 0. The zero-order chi connectivity index (χ0) is 0. The van der Waals surface area contributed by atoms with E-state index >= 15 is 0 Å². The molecule has 7 heteroatoms. The van der Waals surface area contributed by atoms with Gasteiger partial charge in [0.25, 0.3) is 0 Å². The molecule has 0 amide bonds. The topological polar surface area (TPSA) is 166 Å². The van der Waals surface area contributed by atoms with Crippen LogP contribution in [-0.4, -0.2) is 5.48 Å². The zero-order valence-electron chi connectivity index (χ0n) is 3.53. The van der Waals surface area contributed by atoms with Crippen molar-refractivity contribution in [2.45, 2.75) is 0 Å². The van der Waals surface area contributed by atoms with E-state index in [2.05, 4.69) is 0 Å². The molecule has 0 aliphatic heterocycles. The molecule has 54 valence electrons. The van der Waals surface area contributed by atoms with Crippen LogP contribution in [0.1, 0.15) is 0 Å². The second-order valence-corrected chi connectivity index (χ2v) is 0. The van der Waals surface area contributed by atoms with Crippen LogP contribution in [0.3, 0.4) is 0 Å². The Labute approximate surface area is 63.9 Å². The first kappa shape index (κ1) is 590. The molecule has 0 heterocycles. The van der Waals surface area contributed by atoms with Crippen LogP contribution >= 0.6 is 12.4 Å².